The Labute approximate surface area is 351 Å². The number of hydrogen-bond donors (Lipinski definition) is 0. The molecule has 292 valence electrons. The highest BCUT2D eigenvalue weighted by Gasteiger charge is 2.40. The van der Waals surface area contributed by atoms with Crippen LogP contribution in [0, 0.1) is 11.8 Å². The normalized spacial score (nSPS) is 20.3. The largest absolute Gasteiger partial charge is 0.310 e. The third kappa shape index (κ3) is 6.37. The van der Waals surface area contributed by atoms with E-state index in [9.17, 15) is 0 Å². The van der Waals surface area contributed by atoms with E-state index < -0.39 is 0 Å². The average molecular weight is 766 g/mol. The van der Waals surface area contributed by atoms with Gasteiger partial charge in [-0.25, -0.2) is 0 Å². The standard InChI is InChI=1S/C58H55N/c1-58(2)55-34-29-44(49-21-10-9-19-47(49)40-15-5-3-6-16-40)37-54(55)51-33-32-46(38-56(51)58)59(45-30-27-42(28-31-45)53-36-39-25-26-43(53)35-39)57-24-14-13-23-52(57)50-22-12-11-20-48(50)41-17-7-4-8-18-41/h3,5-6,9-16,19-24,27-34,37-39,41,43,53H,4,7-8,17-18,25-26,35-36H2,1-2H3. The molecule has 0 saturated heterocycles. The van der Waals surface area contributed by atoms with Gasteiger partial charge in [-0.2, -0.15) is 0 Å². The first-order valence-corrected chi connectivity index (χ1v) is 22.5. The Balaban J connectivity index is 1.04. The van der Waals surface area contributed by atoms with E-state index >= 15 is 0 Å². The number of fused-ring (bicyclic) bond motifs is 5. The quantitative estimate of drug-likeness (QED) is 0.149. The molecule has 0 N–H and O–H groups in total. The van der Waals surface area contributed by atoms with Crippen molar-refractivity contribution < 1.29 is 0 Å². The number of hydrogen-bond acceptors (Lipinski definition) is 1. The number of nitrogens with zero attached hydrogens (tertiary/aromatic N) is 1. The molecule has 1 heteroatoms. The lowest BCUT2D eigenvalue weighted by Gasteiger charge is -2.31. The maximum absolute atomic E-state index is 2.57. The van der Waals surface area contributed by atoms with Crippen LogP contribution in [0.1, 0.15) is 106 Å². The molecule has 0 aromatic heterocycles. The predicted molar refractivity (Wildman–Crippen MR) is 249 cm³/mol. The van der Waals surface area contributed by atoms with Gasteiger partial charge in [0.15, 0.2) is 0 Å². The third-order valence-corrected chi connectivity index (χ3v) is 15.0. The summed E-state index contributed by atoms with van der Waals surface area (Å²) in [6, 6.07) is 62.5. The Kier molecular flexibility index (Phi) is 9.18. The summed E-state index contributed by atoms with van der Waals surface area (Å²) in [7, 11) is 0. The second-order valence-corrected chi connectivity index (χ2v) is 18.7. The lowest BCUT2D eigenvalue weighted by atomic mass is 9.80. The highest BCUT2D eigenvalue weighted by Crippen LogP contribution is 2.55. The van der Waals surface area contributed by atoms with E-state index in [4.69, 9.17) is 0 Å². The fourth-order valence-electron chi connectivity index (χ4n) is 12.0. The Morgan fingerprint density at radius 3 is 1.88 bits per heavy atom. The topological polar surface area (TPSA) is 3.24 Å². The van der Waals surface area contributed by atoms with Crippen LogP contribution in [-0.4, -0.2) is 0 Å². The van der Waals surface area contributed by atoms with E-state index in [1.807, 2.05) is 0 Å². The molecule has 4 aliphatic rings. The lowest BCUT2D eigenvalue weighted by Crippen LogP contribution is -2.17. The molecule has 0 amide bonds. The molecular weight excluding hydrogens is 711 g/mol. The van der Waals surface area contributed by atoms with Crippen LogP contribution < -0.4 is 4.90 Å². The van der Waals surface area contributed by atoms with Crippen molar-refractivity contribution >= 4 is 17.1 Å². The molecule has 0 heterocycles. The first-order chi connectivity index (χ1) is 29.0. The summed E-state index contributed by atoms with van der Waals surface area (Å²) < 4.78 is 0. The summed E-state index contributed by atoms with van der Waals surface area (Å²) in [5.74, 6) is 3.14. The highest BCUT2D eigenvalue weighted by atomic mass is 15.1. The molecule has 0 spiro atoms. The van der Waals surface area contributed by atoms with E-state index in [1.54, 1.807) is 0 Å². The average Bonchev–Trinajstić information content (AvgIpc) is 4.00. The third-order valence-electron chi connectivity index (χ3n) is 15.0. The number of rotatable bonds is 8. The zero-order valence-electron chi connectivity index (χ0n) is 34.7. The van der Waals surface area contributed by atoms with Gasteiger partial charge in [-0.15, -0.1) is 0 Å². The van der Waals surface area contributed by atoms with Gasteiger partial charge in [0.2, 0.25) is 0 Å². The highest BCUT2D eigenvalue weighted by molar-refractivity contribution is 5.93. The van der Waals surface area contributed by atoms with Crippen molar-refractivity contribution in [1.29, 1.82) is 0 Å². The first-order valence-electron chi connectivity index (χ1n) is 22.5. The van der Waals surface area contributed by atoms with Crippen molar-refractivity contribution in [2.24, 2.45) is 11.8 Å². The maximum atomic E-state index is 2.57. The summed E-state index contributed by atoms with van der Waals surface area (Å²) in [6.07, 6.45) is 12.2. The minimum absolute atomic E-state index is 0.150. The van der Waals surface area contributed by atoms with Gasteiger partial charge in [-0.1, -0.05) is 167 Å². The number of benzene rings is 7. The van der Waals surface area contributed by atoms with Crippen molar-refractivity contribution in [3.8, 4) is 44.5 Å². The molecule has 2 bridgehead atoms. The molecule has 3 fully saturated rings. The smallest absolute Gasteiger partial charge is 0.0540 e. The summed E-state index contributed by atoms with van der Waals surface area (Å²) >= 11 is 0. The van der Waals surface area contributed by atoms with Crippen molar-refractivity contribution in [3.05, 3.63) is 186 Å². The maximum Gasteiger partial charge on any atom is 0.0540 e. The molecule has 4 aliphatic carbocycles. The monoisotopic (exact) mass is 765 g/mol. The molecule has 11 rings (SSSR count). The molecule has 0 aliphatic heterocycles. The zero-order chi connectivity index (χ0) is 39.5. The second kappa shape index (κ2) is 14.9. The first kappa shape index (κ1) is 36.4. The zero-order valence-corrected chi connectivity index (χ0v) is 34.7. The van der Waals surface area contributed by atoms with Gasteiger partial charge in [-0.05, 0) is 153 Å². The van der Waals surface area contributed by atoms with Gasteiger partial charge in [0.25, 0.3) is 0 Å². The molecule has 1 nitrogen and oxygen atoms in total. The van der Waals surface area contributed by atoms with Gasteiger partial charge in [0.05, 0.1) is 5.69 Å². The van der Waals surface area contributed by atoms with Crippen LogP contribution in [0.5, 0.6) is 0 Å². The van der Waals surface area contributed by atoms with Gasteiger partial charge in [0, 0.05) is 22.4 Å². The molecule has 0 radical (unpaired) electrons. The lowest BCUT2D eigenvalue weighted by molar-refractivity contribution is 0.420. The molecular formula is C58H55N. The summed E-state index contributed by atoms with van der Waals surface area (Å²) in [6.45, 7) is 4.84. The molecule has 7 aromatic carbocycles. The van der Waals surface area contributed by atoms with Gasteiger partial charge >= 0.3 is 0 Å². The summed E-state index contributed by atoms with van der Waals surface area (Å²) in [5.41, 5.74) is 19.8. The molecule has 3 unspecified atom stereocenters. The van der Waals surface area contributed by atoms with E-state index in [0.717, 1.165) is 17.8 Å². The fraction of sp³-hybridized carbons (Fsp3) is 0.276. The minimum atomic E-state index is -0.150. The summed E-state index contributed by atoms with van der Waals surface area (Å²) in [4.78, 5) is 2.57. The predicted octanol–water partition coefficient (Wildman–Crippen LogP) is 16.4. The summed E-state index contributed by atoms with van der Waals surface area (Å²) in [5, 5.41) is 0. The molecule has 7 aromatic rings. The Hall–Kier alpha value is -5.66. The van der Waals surface area contributed by atoms with Crippen molar-refractivity contribution in [3.63, 3.8) is 0 Å². The number of para-hydroxylation sites is 1. The van der Waals surface area contributed by atoms with Gasteiger partial charge < -0.3 is 4.90 Å². The Morgan fingerprint density at radius 2 is 1.14 bits per heavy atom. The van der Waals surface area contributed by atoms with E-state index in [0.29, 0.717) is 5.92 Å². The van der Waals surface area contributed by atoms with Crippen LogP contribution in [-0.2, 0) is 5.41 Å². The molecule has 59 heavy (non-hydrogen) atoms. The van der Waals surface area contributed by atoms with Crippen molar-refractivity contribution in [1.82, 2.24) is 0 Å². The van der Waals surface area contributed by atoms with Gasteiger partial charge in [0.1, 0.15) is 0 Å². The minimum Gasteiger partial charge on any atom is -0.310 e. The van der Waals surface area contributed by atoms with Crippen LogP contribution in [0.2, 0.25) is 0 Å². The Bertz CT molecular complexity index is 2640. The van der Waals surface area contributed by atoms with Crippen molar-refractivity contribution in [2.75, 3.05) is 4.90 Å². The van der Waals surface area contributed by atoms with Gasteiger partial charge in [-0.3, -0.25) is 0 Å². The van der Waals surface area contributed by atoms with E-state index in [1.165, 1.54) is 142 Å². The van der Waals surface area contributed by atoms with E-state index in [-0.39, 0.29) is 5.41 Å². The fourth-order valence-corrected chi connectivity index (χ4v) is 12.0. The van der Waals surface area contributed by atoms with Crippen LogP contribution in [0.3, 0.4) is 0 Å². The van der Waals surface area contributed by atoms with Crippen LogP contribution >= 0.6 is 0 Å². The van der Waals surface area contributed by atoms with E-state index in [2.05, 4.69) is 183 Å². The Morgan fingerprint density at radius 1 is 0.458 bits per heavy atom. The van der Waals surface area contributed by atoms with Crippen LogP contribution in [0.15, 0.2) is 164 Å². The molecule has 3 atom stereocenters. The van der Waals surface area contributed by atoms with Crippen LogP contribution in [0.4, 0.5) is 17.1 Å². The van der Waals surface area contributed by atoms with Crippen molar-refractivity contribution in [2.45, 2.75) is 88.9 Å². The molecule has 3 saturated carbocycles. The van der Waals surface area contributed by atoms with Crippen LogP contribution in [0.25, 0.3) is 44.5 Å². The second-order valence-electron chi connectivity index (χ2n) is 18.7. The number of anilines is 3. The SMILES string of the molecule is CC1(C)c2ccc(-c3ccccc3-c3ccccc3)cc2-c2ccc(N(c3ccc(C4CC5CCC4C5)cc3)c3ccccc3-c3ccccc3C3CCCCC3)cc21.